The van der Waals surface area contributed by atoms with Crippen LogP contribution in [0.3, 0.4) is 0 Å². The van der Waals surface area contributed by atoms with Gasteiger partial charge in [0.15, 0.2) is 5.15 Å². The van der Waals surface area contributed by atoms with E-state index in [1.54, 1.807) is 12.1 Å². The fourth-order valence-electron chi connectivity index (χ4n) is 2.55. The van der Waals surface area contributed by atoms with Gasteiger partial charge in [0.2, 0.25) is 0 Å². The molecule has 0 unspecified atom stereocenters. The molecule has 3 heterocycles. The SMILES string of the molecule is O=C(Nc1cccnc1Cl)c1cnn2c1NC(=C1CC1)C=C2C(F)F. The number of carbonyl (C=O) groups excluding carboxylic acids is 1. The molecule has 1 fully saturated rings. The molecule has 2 N–H and O–H groups in total. The lowest BCUT2D eigenvalue weighted by Gasteiger charge is -2.20. The van der Waals surface area contributed by atoms with E-state index in [2.05, 4.69) is 20.7 Å². The largest absolute Gasteiger partial charge is 0.339 e. The predicted octanol–water partition coefficient (Wildman–Crippen LogP) is 3.76. The van der Waals surface area contributed by atoms with Gasteiger partial charge in [-0.2, -0.15) is 5.10 Å². The molecule has 1 amide bonds. The summed E-state index contributed by atoms with van der Waals surface area (Å²) in [5, 5.41) is 9.72. The van der Waals surface area contributed by atoms with Crippen molar-refractivity contribution in [2.24, 2.45) is 0 Å². The van der Waals surface area contributed by atoms with Crippen LogP contribution >= 0.6 is 11.6 Å². The molecule has 0 radical (unpaired) electrons. The lowest BCUT2D eigenvalue weighted by atomic mass is 10.2. The smallest absolute Gasteiger partial charge is 0.280 e. The first-order valence-electron chi connectivity index (χ1n) is 7.53. The number of nitrogens with zero attached hydrogens (tertiary/aromatic N) is 3. The Morgan fingerprint density at radius 2 is 2.20 bits per heavy atom. The maximum Gasteiger partial charge on any atom is 0.280 e. The zero-order chi connectivity index (χ0) is 17.6. The lowest BCUT2D eigenvalue weighted by Crippen LogP contribution is -2.20. The number of alkyl halides is 2. The Morgan fingerprint density at radius 3 is 2.88 bits per heavy atom. The van der Waals surface area contributed by atoms with Crippen molar-refractivity contribution in [3.8, 4) is 0 Å². The van der Waals surface area contributed by atoms with Crippen LogP contribution in [0.1, 0.15) is 23.2 Å². The Hall–Kier alpha value is -2.74. The van der Waals surface area contributed by atoms with Gasteiger partial charge in [0.25, 0.3) is 12.3 Å². The molecule has 0 aromatic carbocycles. The van der Waals surface area contributed by atoms with Crippen molar-refractivity contribution in [2.75, 3.05) is 10.6 Å². The summed E-state index contributed by atoms with van der Waals surface area (Å²) in [6.07, 6.45) is 3.13. The quantitative estimate of drug-likeness (QED) is 0.814. The molecule has 4 rings (SSSR count). The first kappa shape index (κ1) is 15.8. The zero-order valence-corrected chi connectivity index (χ0v) is 13.5. The third kappa shape index (κ3) is 2.89. The standard InChI is InChI=1S/C16H12ClF2N5O/c17-13-10(2-1-5-20-13)23-16(25)9-7-21-24-12(14(18)19)6-11(8-3-4-8)22-15(9)24/h1-2,5-7,14,22H,3-4H2,(H,23,25). The van der Waals surface area contributed by atoms with Gasteiger partial charge < -0.3 is 10.6 Å². The molecule has 6 nitrogen and oxygen atoms in total. The van der Waals surface area contributed by atoms with Crippen molar-refractivity contribution in [3.05, 3.63) is 52.6 Å². The second kappa shape index (κ2) is 5.96. The van der Waals surface area contributed by atoms with E-state index in [0.717, 1.165) is 23.1 Å². The number of aromatic nitrogens is 3. The van der Waals surface area contributed by atoms with E-state index < -0.39 is 12.3 Å². The van der Waals surface area contributed by atoms with Crippen LogP contribution in [0.25, 0.3) is 5.70 Å². The Morgan fingerprint density at radius 1 is 1.40 bits per heavy atom. The van der Waals surface area contributed by atoms with E-state index in [0.29, 0.717) is 11.4 Å². The fourth-order valence-corrected chi connectivity index (χ4v) is 2.72. The minimum atomic E-state index is -2.71. The Balaban J connectivity index is 1.70. The minimum absolute atomic E-state index is 0.138. The van der Waals surface area contributed by atoms with Gasteiger partial charge in [0.05, 0.1) is 11.9 Å². The van der Waals surface area contributed by atoms with Crippen molar-refractivity contribution in [1.82, 2.24) is 14.8 Å². The van der Waals surface area contributed by atoms with Gasteiger partial charge in [-0.3, -0.25) is 4.79 Å². The van der Waals surface area contributed by atoms with Gasteiger partial charge in [-0.05, 0) is 36.6 Å². The van der Waals surface area contributed by atoms with Crippen LogP contribution < -0.4 is 10.6 Å². The van der Waals surface area contributed by atoms with Gasteiger partial charge in [-0.1, -0.05) is 11.6 Å². The summed E-state index contributed by atoms with van der Waals surface area (Å²) < 4.78 is 27.8. The van der Waals surface area contributed by atoms with Crippen LogP contribution in [-0.2, 0) is 0 Å². The molecule has 0 saturated heterocycles. The molecular weight excluding hydrogens is 352 g/mol. The highest BCUT2D eigenvalue weighted by molar-refractivity contribution is 6.32. The molecule has 25 heavy (non-hydrogen) atoms. The maximum absolute atomic E-state index is 13.4. The molecule has 2 aromatic rings. The van der Waals surface area contributed by atoms with Crippen LogP contribution in [0.4, 0.5) is 20.3 Å². The van der Waals surface area contributed by atoms with E-state index in [9.17, 15) is 13.6 Å². The summed E-state index contributed by atoms with van der Waals surface area (Å²) in [5.41, 5.74) is 1.87. The number of rotatable bonds is 3. The number of hydrogen-bond acceptors (Lipinski definition) is 4. The van der Waals surface area contributed by atoms with E-state index in [4.69, 9.17) is 11.6 Å². The van der Waals surface area contributed by atoms with Crippen molar-refractivity contribution in [2.45, 2.75) is 19.3 Å². The molecule has 128 valence electrons. The number of halogens is 3. The minimum Gasteiger partial charge on any atom is -0.339 e. The number of allylic oxidation sites excluding steroid dienone is 3. The van der Waals surface area contributed by atoms with Crippen molar-refractivity contribution in [3.63, 3.8) is 0 Å². The van der Waals surface area contributed by atoms with E-state index >= 15 is 0 Å². The summed E-state index contributed by atoms with van der Waals surface area (Å²) >= 11 is 5.93. The number of hydrogen-bond donors (Lipinski definition) is 2. The predicted molar refractivity (Wildman–Crippen MR) is 89.6 cm³/mol. The molecule has 1 aliphatic heterocycles. The first-order chi connectivity index (χ1) is 12.0. The normalized spacial score (nSPS) is 15.6. The summed E-state index contributed by atoms with van der Waals surface area (Å²) in [6, 6.07) is 3.22. The summed E-state index contributed by atoms with van der Waals surface area (Å²) in [7, 11) is 0. The number of carbonyl (C=O) groups is 1. The lowest BCUT2D eigenvalue weighted by molar-refractivity contribution is 0.102. The molecule has 0 bridgehead atoms. The average molecular weight is 364 g/mol. The second-order valence-electron chi connectivity index (χ2n) is 5.63. The number of nitrogens with one attached hydrogen (secondary N) is 2. The van der Waals surface area contributed by atoms with Gasteiger partial charge >= 0.3 is 0 Å². The van der Waals surface area contributed by atoms with E-state index in [1.807, 2.05) is 0 Å². The summed E-state index contributed by atoms with van der Waals surface area (Å²) in [6.45, 7) is 0. The van der Waals surface area contributed by atoms with Crippen molar-refractivity contribution in [1.29, 1.82) is 0 Å². The van der Waals surface area contributed by atoms with Crippen LogP contribution in [0.5, 0.6) is 0 Å². The molecule has 0 atom stereocenters. The number of anilines is 2. The van der Waals surface area contributed by atoms with Crippen molar-refractivity contribution < 1.29 is 13.6 Å². The van der Waals surface area contributed by atoms with Crippen LogP contribution in [0, 0.1) is 0 Å². The third-order valence-corrected chi connectivity index (χ3v) is 4.22. The monoisotopic (exact) mass is 363 g/mol. The Kier molecular flexibility index (Phi) is 3.76. The highest BCUT2D eigenvalue weighted by Gasteiger charge is 2.30. The molecule has 0 spiro atoms. The topological polar surface area (TPSA) is 71.8 Å². The third-order valence-electron chi connectivity index (χ3n) is 3.92. The Bertz CT molecular complexity index is 928. The van der Waals surface area contributed by atoms with Gasteiger partial charge in [0.1, 0.15) is 17.1 Å². The molecule has 1 saturated carbocycles. The van der Waals surface area contributed by atoms with Gasteiger partial charge in [-0.15, -0.1) is 0 Å². The summed E-state index contributed by atoms with van der Waals surface area (Å²) in [5.74, 6) is -0.302. The summed E-state index contributed by atoms with van der Waals surface area (Å²) in [4.78, 5) is 16.4. The zero-order valence-electron chi connectivity index (χ0n) is 12.8. The average Bonchev–Trinajstić information content (AvgIpc) is 3.35. The van der Waals surface area contributed by atoms with E-state index in [1.165, 1.54) is 18.5 Å². The molecular formula is C16H12ClF2N5O. The molecule has 9 heteroatoms. The number of fused-ring (bicyclic) bond motifs is 1. The van der Waals surface area contributed by atoms with Crippen molar-refractivity contribution >= 4 is 34.7 Å². The maximum atomic E-state index is 13.4. The highest BCUT2D eigenvalue weighted by Crippen LogP contribution is 2.38. The van der Waals surface area contributed by atoms with Crippen LogP contribution in [0.2, 0.25) is 5.15 Å². The Labute approximate surface area is 146 Å². The fraction of sp³-hybridized carbons (Fsp3) is 0.188. The van der Waals surface area contributed by atoms with Gasteiger partial charge in [0, 0.05) is 11.9 Å². The molecule has 2 aromatic heterocycles. The second-order valence-corrected chi connectivity index (χ2v) is 5.98. The molecule has 1 aliphatic carbocycles. The molecule has 2 aliphatic rings. The number of amides is 1. The van der Waals surface area contributed by atoms with Gasteiger partial charge in [-0.25, -0.2) is 18.4 Å². The van der Waals surface area contributed by atoms with Crippen LogP contribution in [0.15, 0.2) is 41.9 Å². The van der Waals surface area contributed by atoms with E-state index in [-0.39, 0.29) is 22.2 Å². The van der Waals surface area contributed by atoms with Crippen LogP contribution in [-0.4, -0.2) is 27.1 Å². The number of pyridine rings is 1. The first-order valence-corrected chi connectivity index (χ1v) is 7.91. The highest BCUT2D eigenvalue weighted by atomic mass is 35.5.